The first-order valence-corrected chi connectivity index (χ1v) is 12.3. The molecule has 1 heterocycles. The fourth-order valence-corrected chi connectivity index (χ4v) is 4.47. The van der Waals surface area contributed by atoms with E-state index in [0.717, 1.165) is 34.5 Å². The molecule has 0 saturated heterocycles. The van der Waals surface area contributed by atoms with E-state index in [9.17, 15) is 14.9 Å². The third-order valence-electron chi connectivity index (χ3n) is 6.40. The summed E-state index contributed by atoms with van der Waals surface area (Å²) in [4.78, 5) is 30.5. The molecule has 0 saturated carbocycles. The third-order valence-corrected chi connectivity index (χ3v) is 6.40. The number of hydrogen-bond donors (Lipinski definition) is 0. The van der Waals surface area contributed by atoms with Gasteiger partial charge in [0.15, 0.2) is 0 Å². The van der Waals surface area contributed by atoms with Crippen molar-refractivity contribution in [2.75, 3.05) is 7.11 Å². The van der Waals surface area contributed by atoms with Gasteiger partial charge in [-0.15, -0.1) is 0 Å². The molecule has 0 spiro atoms. The van der Waals surface area contributed by atoms with Crippen molar-refractivity contribution in [1.29, 1.82) is 5.26 Å². The zero-order chi connectivity index (χ0) is 26.4. The van der Waals surface area contributed by atoms with E-state index in [1.54, 1.807) is 28.8 Å². The van der Waals surface area contributed by atoms with Gasteiger partial charge in [-0.25, -0.2) is 9.78 Å². The number of aryl methyl sites for hydroxylation is 2. The van der Waals surface area contributed by atoms with Crippen molar-refractivity contribution in [1.82, 2.24) is 9.55 Å². The Bertz CT molecular complexity index is 1530. The van der Waals surface area contributed by atoms with Crippen LogP contribution < -0.4 is 5.56 Å². The van der Waals surface area contributed by atoms with Gasteiger partial charge in [0.05, 0.1) is 30.9 Å². The average Bonchev–Trinajstić information content (AvgIpc) is 2.93. The number of hydrogen-bond acceptors (Lipinski definition) is 5. The van der Waals surface area contributed by atoms with Crippen LogP contribution in [0.2, 0.25) is 0 Å². The molecule has 6 nitrogen and oxygen atoms in total. The number of benzene rings is 3. The quantitative estimate of drug-likeness (QED) is 0.305. The van der Waals surface area contributed by atoms with Crippen molar-refractivity contribution in [3.8, 4) is 17.2 Å². The van der Waals surface area contributed by atoms with E-state index < -0.39 is 5.97 Å². The molecule has 0 unspecified atom stereocenters. The first-order chi connectivity index (χ1) is 17.9. The number of ether oxygens (including phenoxy) is 1. The van der Waals surface area contributed by atoms with Gasteiger partial charge >= 0.3 is 5.97 Å². The summed E-state index contributed by atoms with van der Waals surface area (Å²) in [5.74, 6) is 0.351. The van der Waals surface area contributed by atoms with Crippen molar-refractivity contribution in [3.63, 3.8) is 0 Å². The van der Waals surface area contributed by atoms with Crippen molar-refractivity contribution < 1.29 is 9.53 Å². The maximum Gasteiger partial charge on any atom is 0.337 e. The lowest BCUT2D eigenvalue weighted by Gasteiger charge is -2.16. The van der Waals surface area contributed by atoms with Crippen LogP contribution in [0.25, 0.3) is 11.1 Å². The van der Waals surface area contributed by atoms with Crippen LogP contribution in [0.5, 0.6) is 0 Å². The van der Waals surface area contributed by atoms with E-state index in [4.69, 9.17) is 9.72 Å². The molecular formula is C31H29N3O3. The number of carbonyl (C=O) groups is 1. The van der Waals surface area contributed by atoms with Crippen LogP contribution in [0.1, 0.15) is 57.5 Å². The molecule has 3 aromatic carbocycles. The Morgan fingerprint density at radius 3 is 2.49 bits per heavy atom. The highest BCUT2D eigenvalue weighted by Crippen LogP contribution is 2.24. The predicted octanol–water partition coefficient (Wildman–Crippen LogP) is 5.47. The van der Waals surface area contributed by atoms with E-state index in [1.165, 1.54) is 7.11 Å². The molecule has 0 bridgehead atoms. The molecule has 0 radical (unpaired) electrons. The highest BCUT2D eigenvalue weighted by atomic mass is 16.5. The van der Waals surface area contributed by atoms with E-state index >= 15 is 0 Å². The first kappa shape index (κ1) is 25.6. The van der Waals surface area contributed by atoms with Crippen LogP contribution in [0.15, 0.2) is 77.6 Å². The molecule has 0 aliphatic heterocycles. The van der Waals surface area contributed by atoms with Crippen LogP contribution in [0.3, 0.4) is 0 Å². The number of rotatable bonds is 8. The Morgan fingerprint density at radius 2 is 1.78 bits per heavy atom. The fraction of sp³-hybridized carbons (Fsp3) is 0.226. The van der Waals surface area contributed by atoms with Crippen LogP contribution in [0.4, 0.5) is 0 Å². The maximum absolute atomic E-state index is 13.7. The van der Waals surface area contributed by atoms with Gasteiger partial charge in [0.1, 0.15) is 5.82 Å². The highest BCUT2D eigenvalue weighted by molar-refractivity contribution is 5.89. The number of carbonyl (C=O) groups excluding carboxylic acids is 1. The zero-order valence-corrected chi connectivity index (χ0v) is 21.3. The van der Waals surface area contributed by atoms with Gasteiger partial charge in [0.2, 0.25) is 0 Å². The largest absolute Gasteiger partial charge is 0.465 e. The maximum atomic E-state index is 13.7. The number of nitrogens with zero attached hydrogens (tertiary/aromatic N) is 3. The second kappa shape index (κ2) is 11.5. The molecule has 37 heavy (non-hydrogen) atoms. The lowest BCUT2D eigenvalue weighted by Crippen LogP contribution is -2.30. The molecule has 0 aliphatic carbocycles. The predicted molar refractivity (Wildman–Crippen MR) is 144 cm³/mol. The second-order valence-corrected chi connectivity index (χ2v) is 8.96. The molecule has 0 aliphatic rings. The van der Waals surface area contributed by atoms with Gasteiger partial charge in [-0.3, -0.25) is 9.36 Å². The smallest absolute Gasteiger partial charge is 0.337 e. The third kappa shape index (κ3) is 5.68. The Hall–Kier alpha value is -4.50. The minimum Gasteiger partial charge on any atom is -0.465 e. The fourth-order valence-electron chi connectivity index (χ4n) is 4.47. The summed E-state index contributed by atoms with van der Waals surface area (Å²) in [5.41, 5.74) is 5.98. The van der Waals surface area contributed by atoms with Gasteiger partial charge in [0, 0.05) is 24.1 Å². The van der Waals surface area contributed by atoms with Gasteiger partial charge < -0.3 is 4.74 Å². The molecular weight excluding hydrogens is 462 g/mol. The molecule has 0 fully saturated rings. The molecule has 0 N–H and O–H groups in total. The summed E-state index contributed by atoms with van der Waals surface area (Å²) >= 11 is 0. The summed E-state index contributed by atoms with van der Waals surface area (Å²) in [6.07, 6.45) is 1.94. The summed E-state index contributed by atoms with van der Waals surface area (Å²) in [5, 5.41) is 9.43. The normalized spacial score (nSPS) is 10.6. The molecule has 6 heteroatoms. The Kier molecular flexibility index (Phi) is 7.95. The van der Waals surface area contributed by atoms with E-state index in [1.807, 2.05) is 55.5 Å². The summed E-state index contributed by atoms with van der Waals surface area (Å²) in [7, 11) is 1.35. The van der Waals surface area contributed by atoms with Crippen molar-refractivity contribution in [2.45, 2.75) is 39.7 Å². The highest BCUT2D eigenvalue weighted by Gasteiger charge is 2.16. The average molecular weight is 492 g/mol. The Balaban J connectivity index is 1.68. The summed E-state index contributed by atoms with van der Waals surface area (Å²) in [6.45, 7) is 4.34. The number of esters is 1. The molecule has 1 aromatic heterocycles. The van der Waals surface area contributed by atoms with Crippen molar-refractivity contribution in [3.05, 3.63) is 122 Å². The topological polar surface area (TPSA) is 85.0 Å². The van der Waals surface area contributed by atoms with Gasteiger partial charge in [-0.1, -0.05) is 61.5 Å². The number of nitriles is 1. The van der Waals surface area contributed by atoms with Gasteiger partial charge in [-0.05, 0) is 53.8 Å². The van der Waals surface area contributed by atoms with Gasteiger partial charge in [-0.2, -0.15) is 5.26 Å². The van der Waals surface area contributed by atoms with Crippen LogP contribution in [-0.4, -0.2) is 22.6 Å². The lowest BCUT2D eigenvalue weighted by atomic mass is 9.99. The molecule has 0 atom stereocenters. The summed E-state index contributed by atoms with van der Waals surface area (Å²) in [6, 6.07) is 24.8. The SMILES string of the molecule is CCCc1nc(C)c(Cc2cccc(C(=O)OC)c2)c(=O)n1Cc1ccc(-c2ccccc2C#N)cc1. The molecule has 4 rings (SSSR count). The van der Waals surface area contributed by atoms with Crippen molar-refractivity contribution in [2.24, 2.45) is 0 Å². The molecule has 186 valence electrons. The second-order valence-electron chi connectivity index (χ2n) is 8.96. The van der Waals surface area contributed by atoms with E-state index in [2.05, 4.69) is 13.0 Å². The Morgan fingerprint density at radius 1 is 1.03 bits per heavy atom. The first-order valence-electron chi connectivity index (χ1n) is 12.3. The lowest BCUT2D eigenvalue weighted by molar-refractivity contribution is 0.0600. The summed E-state index contributed by atoms with van der Waals surface area (Å²) < 4.78 is 6.59. The monoisotopic (exact) mass is 491 g/mol. The zero-order valence-electron chi connectivity index (χ0n) is 21.3. The minimum atomic E-state index is -0.409. The van der Waals surface area contributed by atoms with Crippen LogP contribution >= 0.6 is 0 Å². The van der Waals surface area contributed by atoms with E-state index in [0.29, 0.717) is 41.8 Å². The van der Waals surface area contributed by atoms with Gasteiger partial charge in [0.25, 0.3) is 5.56 Å². The Labute approximate surface area is 216 Å². The number of aromatic nitrogens is 2. The molecule has 0 amide bonds. The van der Waals surface area contributed by atoms with Crippen LogP contribution in [-0.2, 0) is 24.1 Å². The van der Waals surface area contributed by atoms with Crippen molar-refractivity contribution >= 4 is 5.97 Å². The van der Waals surface area contributed by atoms with E-state index in [-0.39, 0.29) is 5.56 Å². The standard InChI is InChI=1S/C31H29N3O3/c1-4-8-29-33-21(2)28(18-23-9-7-11-25(17-23)31(36)37-3)30(35)34(29)20-22-13-15-24(16-14-22)27-12-6-5-10-26(27)19-32/h5-7,9-17H,4,8,18,20H2,1-3H3. The number of methoxy groups -OCH3 is 1. The minimum absolute atomic E-state index is 0.0710. The van der Waals surface area contributed by atoms with Crippen LogP contribution in [0, 0.1) is 18.3 Å². The molecule has 4 aromatic rings.